The number of hydrogen-bond acceptors (Lipinski definition) is 3. The van der Waals surface area contributed by atoms with Gasteiger partial charge in [0.2, 0.25) is 0 Å². The second-order valence-corrected chi connectivity index (χ2v) is 18.4. The van der Waals surface area contributed by atoms with E-state index in [4.69, 9.17) is 0 Å². The first-order chi connectivity index (χ1) is 34.7. The van der Waals surface area contributed by atoms with E-state index in [-0.39, 0.29) is 18.1 Å². The summed E-state index contributed by atoms with van der Waals surface area (Å²) in [5.74, 6) is 0. The smallest absolute Gasteiger partial charge is 0.0779 e. The topological polar surface area (TPSA) is 36.1 Å². The lowest BCUT2D eigenvalue weighted by Crippen LogP contribution is -2.27. The van der Waals surface area contributed by atoms with E-state index in [1.807, 2.05) is 0 Å². The van der Waals surface area contributed by atoms with E-state index in [0.29, 0.717) is 0 Å². The van der Waals surface area contributed by atoms with Gasteiger partial charge in [-0.2, -0.15) is 0 Å². The van der Waals surface area contributed by atoms with Gasteiger partial charge in [-0.25, -0.2) is 0 Å². The molecule has 0 radical (unpaired) electrons. The number of benzene rings is 10. The molecule has 0 spiro atoms. The van der Waals surface area contributed by atoms with Crippen molar-refractivity contribution in [3.63, 3.8) is 0 Å². The quantitative estimate of drug-likeness (QED) is 0.133. The molecule has 13 rings (SSSR count). The Morgan fingerprint density at radius 1 is 0.300 bits per heavy atom. The largest absolute Gasteiger partial charge is 0.373 e. The SMILES string of the molecule is C1=CC(c2ccccc2)Nc2c1ccc1c2NC(c2c3ccccc3c(-c3ccc(C4=C(c5ccccc5)C(c5ccccc5)NC(c5ccccc5)=C4c4ccccc4)cc3)c3ccccc23)C=C1. The summed E-state index contributed by atoms with van der Waals surface area (Å²) in [4.78, 5) is 0. The summed E-state index contributed by atoms with van der Waals surface area (Å²) in [5.41, 5.74) is 20.3. The van der Waals surface area contributed by atoms with Crippen molar-refractivity contribution in [2.75, 3.05) is 10.6 Å². The first kappa shape index (κ1) is 41.3. The van der Waals surface area contributed by atoms with Crippen molar-refractivity contribution in [3.8, 4) is 11.1 Å². The van der Waals surface area contributed by atoms with Crippen molar-refractivity contribution in [1.29, 1.82) is 0 Å². The van der Waals surface area contributed by atoms with Crippen molar-refractivity contribution in [2.45, 2.75) is 18.1 Å². The van der Waals surface area contributed by atoms with Gasteiger partial charge in [0.15, 0.2) is 0 Å². The van der Waals surface area contributed by atoms with Crippen LogP contribution in [0.4, 0.5) is 11.4 Å². The fourth-order valence-corrected chi connectivity index (χ4v) is 11.2. The van der Waals surface area contributed by atoms with Gasteiger partial charge in [-0.1, -0.05) is 261 Å². The monoisotopic (exact) mass is 895 g/mol. The summed E-state index contributed by atoms with van der Waals surface area (Å²) in [7, 11) is 0. The van der Waals surface area contributed by atoms with E-state index in [1.165, 1.54) is 88.3 Å². The van der Waals surface area contributed by atoms with Crippen LogP contribution in [0.1, 0.15) is 68.2 Å². The molecule has 0 bridgehead atoms. The average molecular weight is 896 g/mol. The third-order valence-electron chi connectivity index (χ3n) is 14.4. The predicted molar refractivity (Wildman–Crippen MR) is 296 cm³/mol. The van der Waals surface area contributed by atoms with Crippen molar-refractivity contribution in [1.82, 2.24) is 5.32 Å². The zero-order valence-corrected chi connectivity index (χ0v) is 38.6. The highest BCUT2D eigenvalue weighted by molar-refractivity contribution is 6.24. The van der Waals surface area contributed by atoms with Crippen LogP contribution in [0.2, 0.25) is 0 Å². The Balaban J connectivity index is 0.971. The predicted octanol–water partition coefficient (Wildman–Crippen LogP) is 16.8. The molecule has 3 N–H and O–H groups in total. The van der Waals surface area contributed by atoms with Gasteiger partial charge in [0, 0.05) is 5.57 Å². The first-order valence-corrected chi connectivity index (χ1v) is 24.4. The molecule has 0 amide bonds. The van der Waals surface area contributed by atoms with Gasteiger partial charge < -0.3 is 16.0 Å². The van der Waals surface area contributed by atoms with Crippen molar-refractivity contribution >= 4 is 67.5 Å². The molecule has 3 heteroatoms. The van der Waals surface area contributed by atoms with E-state index >= 15 is 0 Å². The van der Waals surface area contributed by atoms with Crippen molar-refractivity contribution < 1.29 is 0 Å². The highest BCUT2D eigenvalue weighted by atomic mass is 15.0. The van der Waals surface area contributed by atoms with E-state index in [9.17, 15) is 0 Å². The number of fused-ring (bicyclic) bond motifs is 5. The molecule has 3 unspecified atom stereocenters. The molecule has 3 aliphatic rings. The number of anilines is 2. The molecule has 3 heterocycles. The van der Waals surface area contributed by atoms with Gasteiger partial charge in [0.25, 0.3) is 0 Å². The summed E-state index contributed by atoms with van der Waals surface area (Å²) in [6.07, 6.45) is 9.16. The van der Waals surface area contributed by atoms with Crippen LogP contribution in [0, 0.1) is 0 Å². The van der Waals surface area contributed by atoms with Crippen LogP contribution in [0.3, 0.4) is 0 Å². The number of nitrogens with one attached hydrogen (secondary N) is 3. The molecular weight excluding hydrogens is 847 g/mol. The molecule has 3 atom stereocenters. The average Bonchev–Trinajstić information content (AvgIpc) is 3.45. The highest BCUT2D eigenvalue weighted by Crippen LogP contribution is 2.51. The Labute approximate surface area is 409 Å². The molecule has 3 nitrogen and oxygen atoms in total. The third kappa shape index (κ3) is 7.23. The minimum absolute atomic E-state index is 0.0593. The maximum absolute atomic E-state index is 4.13. The molecule has 0 saturated heterocycles. The summed E-state index contributed by atoms with van der Waals surface area (Å²) < 4.78 is 0. The Bertz CT molecular complexity index is 3650. The van der Waals surface area contributed by atoms with E-state index in [2.05, 4.69) is 277 Å². The zero-order chi connectivity index (χ0) is 46.4. The molecule has 0 aliphatic carbocycles. The number of allylic oxidation sites excluding steroid dienone is 2. The van der Waals surface area contributed by atoms with Crippen LogP contribution in [0.15, 0.2) is 249 Å². The second-order valence-electron chi connectivity index (χ2n) is 18.4. The first-order valence-electron chi connectivity index (χ1n) is 24.4. The maximum atomic E-state index is 4.13. The second kappa shape index (κ2) is 17.6. The van der Waals surface area contributed by atoms with Gasteiger partial charge in [-0.15, -0.1) is 0 Å². The molecule has 0 saturated carbocycles. The van der Waals surface area contributed by atoms with E-state index in [0.717, 1.165) is 28.2 Å². The van der Waals surface area contributed by atoms with Crippen molar-refractivity contribution in [2.24, 2.45) is 0 Å². The van der Waals surface area contributed by atoms with E-state index < -0.39 is 0 Å². The molecule has 10 aromatic carbocycles. The van der Waals surface area contributed by atoms with Crippen LogP contribution in [-0.2, 0) is 0 Å². The Morgan fingerprint density at radius 2 is 0.729 bits per heavy atom. The van der Waals surface area contributed by atoms with Gasteiger partial charge in [-0.05, 0) is 93.9 Å². The van der Waals surface area contributed by atoms with Crippen LogP contribution in [0.25, 0.3) is 67.2 Å². The van der Waals surface area contributed by atoms with Gasteiger partial charge >= 0.3 is 0 Å². The summed E-state index contributed by atoms with van der Waals surface area (Å²) in [5, 5.41) is 17.0. The summed E-state index contributed by atoms with van der Waals surface area (Å²) in [6.45, 7) is 0. The minimum atomic E-state index is -0.112. The van der Waals surface area contributed by atoms with Gasteiger partial charge in [0.1, 0.15) is 0 Å². The fourth-order valence-electron chi connectivity index (χ4n) is 11.2. The molecule has 0 fully saturated rings. The summed E-state index contributed by atoms with van der Waals surface area (Å²) in [6, 6.07) is 86.0. The number of rotatable bonds is 8. The molecular formula is C67H49N3. The van der Waals surface area contributed by atoms with Crippen LogP contribution >= 0.6 is 0 Å². The Kier molecular flexibility index (Phi) is 10.4. The third-order valence-corrected chi connectivity index (χ3v) is 14.4. The lowest BCUT2D eigenvalue weighted by atomic mass is 9.76. The van der Waals surface area contributed by atoms with Crippen LogP contribution in [0.5, 0.6) is 0 Å². The lowest BCUT2D eigenvalue weighted by molar-refractivity contribution is 0.787. The highest BCUT2D eigenvalue weighted by Gasteiger charge is 2.33. The molecule has 0 aromatic heterocycles. The number of dihydropyridines is 1. The number of hydrogen-bond donors (Lipinski definition) is 3. The minimum Gasteiger partial charge on any atom is -0.373 e. The fraction of sp³-hybridized carbons (Fsp3) is 0.0448. The molecule has 70 heavy (non-hydrogen) atoms. The van der Waals surface area contributed by atoms with Gasteiger partial charge in [0.05, 0.1) is 35.2 Å². The molecule has 10 aromatic rings. The summed E-state index contributed by atoms with van der Waals surface area (Å²) >= 11 is 0. The maximum Gasteiger partial charge on any atom is 0.0779 e. The molecule has 332 valence electrons. The lowest BCUT2D eigenvalue weighted by Gasteiger charge is -2.36. The normalized spacial score (nSPS) is 17.1. The Hall–Kier alpha value is -8.92. The van der Waals surface area contributed by atoms with Crippen LogP contribution in [-0.4, -0.2) is 0 Å². The van der Waals surface area contributed by atoms with Crippen molar-refractivity contribution in [3.05, 3.63) is 299 Å². The van der Waals surface area contributed by atoms with Crippen LogP contribution < -0.4 is 16.0 Å². The van der Waals surface area contributed by atoms with E-state index in [1.54, 1.807) is 0 Å². The molecule has 3 aliphatic heterocycles. The standard InChI is InChI=1S/C67H49N3/c1-6-20-44(21-7-1)57-42-40-51-38-39-52-41-43-58(69-67(52)66(51)68-57)63-55-32-18-16-30-53(55)59(54-31-17-19-33-56(54)63)47-34-36-48(37-35-47)60-61(45-22-8-2-9-23-45)64(49-26-12-4-13-27-49)70-65(50-28-14-5-15-29-50)62(60)46-24-10-3-11-25-46/h1-43,57-58,64,68-70H. The Morgan fingerprint density at radius 3 is 1.30 bits per heavy atom. The zero-order valence-electron chi connectivity index (χ0n) is 38.6. The van der Waals surface area contributed by atoms with Gasteiger partial charge in [-0.3, -0.25) is 0 Å².